The van der Waals surface area contributed by atoms with Crippen LogP contribution in [-0.2, 0) is 4.79 Å². The van der Waals surface area contributed by atoms with E-state index in [1.54, 1.807) is 0 Å². The van der Waals surface area contributed by atoms with E-state index < -0.39 is 0 Å². The van der Waals surface area contributed by atoms with Gasteiger partial charge in [-0.15, -0.1) is 0 Å². The first kappa shape index (κ1) is 13.1. The van der Waals surface area contributed by atoms with Crippen LogP contribution in [0.1, 0.15) is 43.4 Å². The molecule has 1 heterocycles. The van der Waals surface area contributed by atoms with Gasteiger partial charge in [-0.1, -0.05) is 36.8 Å². The number of carbonyl (C=O) groups is 1. The number of amides is 1. The summed E-state index contributed by atoms with van der Waals surface area (Å²) in [5.41, 5.74) is 2.53. The lowest BCUT2D eigenvalue weighted by Crippen LogP contribution is -2.49. The third-order valence-corrected chi connectivity index (χ3v) is 3.58. The molecule has 0 spiro atoms. The Bertz CT molecular complexity index is 399. The highest BCUT2D eigenvalue weighted by atomic mass is 16.2. The van der Waals surface area contributed by atoms with Gasteiger partial charge in [0.2, 0.25) is 5.91 Å². The van der Waals surface area contributed by atoms with Gasteiger partial charge in [0.15, 0.2) is 0 Å². The van der Waals surface area contributed by atoms with Crippen LogP contribution in [0.2, 0.25) is 0 Å². The van der Waals surface area contributed by atoms with Gasteiger partial charge < -0.3 is 5.32 Å². The van der Waals surface area contributed by atoms with Crippen LogP contribution in [0.15, 0.2) is 24.3 Å². The number of aryl methyl sites for hydroxylation is 1. The number of nitrogens with one attached hydrogen (secondary N) is 2. The zero-order valence-corrected chi connectivity index (χ0v) is 11.2. The number of hydrogen-bond donors (Lipinski definition) is 2. The summed E-state index contributed by atoms with van der Waals surface area (Å²) in [6.07, 6.45) is 2.99. The summed E-state index contributed by atoms with van der Waals surface area (Å²) in [7, 11) is 0. The molecule has 0 radical (unpaired) electrons. The Kier molecular flexibility index (Phi) is 4.37. The summed E-state index contributed by atoms with van der Waals surface area (Å²) in [5, 5.41) is 6.40. The molecule has 2 N–H and O–H groups in total. The maximum atomic E-state index is 11.8. The van der Waals surface area contributed by atoms with E-state index in [4.69, 9.17) is 0 Å². The minimum atomic E-state index is -0.0370. The van der Waals surface area contributed by atoms with Gasteiger partial charge in [0.25, 0.3) is 0 Å². The molecule has 0 aromatic heterocycles. The Hall–Kier alpha value is -1.35. The molecule has 1 aromatic carbocycles. The average Bonchev–Trinajstić information content (AvgIpc) is 2.39. The Labute approximate surface area is 109 Å². The lowest BCUT2D eigenvalue weighted by atomic mass is 9.99. The molecule has 0 aliphatic carbocycles. The van der Waals surface area contributed by atoms with Crippen LogP contribution in [0, 0.1) is 6.92 Å². The van der Waals surface area contributed by atoms with E-state index in [9.17, 15) is 4.79 Å². The molecule has 1 fully saturated rings. The lowest BCUT2D eigenvalue weighted by Gasteiger charge is -2.27. The molecule has 18 heavy (non-hydrogen) atoms. The van der Waals surface area contributed by atoms with Crippen LogP contribution < -0.4 is 10.6 Å². The Balaban J connectivity index is 2.04. The van der Waals surface area contributed by atoms with Crippen molar-refractivity contribution >= 4 is 5.91 Å². The molecule has 1 aliphatic heterocycles. The Morgan fingerprint density at radius 3 is 2.72 bits per heavy atom. The van der Waals surface area contributed by atoms with Crippen molar-refractivity contribution in [1.82, 2.24) is 10.6 Å². The number of benzene rings is 1. The second kappa shape index (κ2) is 6.01. The van der Waals surface area contributed by atoms with Gasteiger partial charge in [-0.2, -0.15) is 0 Å². The van der Waals surface area contributed by atoms with E-state index in [1.807, 2.05) is 0 Å². The lowest BCUT2D eigenvalue weighted by molar-refractivity contribution is -0.124. The zero-order chi connectivity index (χ0) is 13.0. The summed E-state index contributed by atoms with van der Waals surface area (Å²) >= 11 is 0. The number of rotatable bonds is 4. The Morgan fingerprint density at radius 2 is 2.11 bits per heavy atom. The van der Waals surface area contributed by atoms with Crippen molar-refractivity contribution < 1.29 is 4.79 Å². The smallest absolute Gasteiger partial charge is 0.237 e. The molecule has 0 bridgehead atoms. The predicted octanol–water partition coefficient (Wildman–Crippen LogP) is 2.31. The van der Waals surface area contributed by atoms with Crippen LogP contribution >= 0.6 is 0 Å². The third kappa shape index (κ3) is 3.10. The molecule has 3 heteroatoms. The first-order chi connectivity index (χ1) is 8.70. The molecule has 1 aromatic rings. The fourth-order valence-corrected chi connectivity index (χ4v) is 2.42. The molecule has 0 saturated carbocycles. The van der Waals surface area contributed by atoms with Crippen molar-refractivity contribution in [2.24, 2.45) is 0 Å². The minimum absolute atomic E-state index is 0.0370. The normalized spacial score (nSPS) is 21.4. The van der Waals surface area contributed by atoms with Crippen LogP contribution in [0.4, 0.5) is 0 Å². The molecular weight excluding hydrogens is 224 g/mol. The van der Waals surface area contributed by atoms with Gasteiger partial charge >= 0.3 is 0 Å². The number of hydrogen-bond acceptors (Lipinski definition) is 2. The molecule has 2 rings (SSSR count). The first-order valence-electron chi connectivity index (χ1n) is 6.81. The van der Waals surface area contributed by atoms with Gasteiger partial charge in [-0.05, 0) is 31.7 Å². The van der Waals surface area contributed by atoms with E-state index in [0.717, 1.165) is 25.8 Å². The summed E-state index contributed by atoms with van der Waals surface area (Å²) in [6.45, 7) is 5.06. The standard InChI is InChI=1S/C15H22N2O/c1-3-13(12-8-6-11(2)7-9-12)17-14-5-4-10-16-15(14)18/h6-9,13-14,17H,3-5,10H2,1-2H3,(H,16,18). The highest BCUT2D eigenvalue weighted by Gasteiger charge is 2.24. The van der Waals surface area contributed by atoms with Crippen molar-refractivity contribution in [1.29, 1.82) is 0 Å². The third-order valence-electron chi connectivity index (χ3n) is 3.58. The maximum Gasteiger partial charge on any atom is 0.237 e. The fraction of sp³-hybridized carbons (Fsp3) is 0.533. The molecular formula is C15H22N2O. The second-order valence-corrected chi connectivity index (χ2v) is 5.02. The molecule has 98 valence electrons. The summed E-state index contributed by atoms with van der Waals surface area (Å²) in [6, 6.07) is 8.78. The maximum absolute atomic E-state index is 11.8. The minimum Gasteiger partial charge on any atom is -0.355 e. The highest BCUT2D eigenvalue weighted by Crippen LogP contribution is 2.19. The monoisotopic (exact) mass is 246 g/mol. The predicted molar refractivity (Wildman–Crippen MR) is 73.4 cm³/mol. The summed E-state index contributed by atoms with van der Waals surface area (Å²) < 4.78 is 0. The van der Waals surface area contributed by atoms with Gasteiger partial charge in [0.1, 0.15) is 0 Å². The van der Waals surface area contributed by atoms with Crippen molar-refractivity contribution in [2.75, 3.05) is 6.54 Å². The van der Waals surface area contributed by atoms with E-state index >= 15 is 0 Å². The van der Waals surface area contributed by atoms with Crippen molar-refractivity contribution in [2.45, 2.75) is 45.2 Å². The van der Waals surface area contributed by atoms with Crippen molar-refractivity contribution in [3.63, 3.8) is 0 Å². The van der Waals surface area contributed by atoms with E-state index in [0.29, 0.717) is 0 Å². The average molecular weight is 246 g/mol. The van der Waals surface area contributed by atoms with Crippen LogP contribution in [0.25, 0.3) is 0 Å². The van der Waals surface area contributed by atoms with Crippen LogP contribution in [0.3, 0.4) is 0 Å². The van der Waals surface area contributed by atoms with Gasteiger partial charge in [0.05, 0.1) is 6.04 Å². The van der Waals surface area contributed by atoms with E-state index in [2.05, 4.69) is 48.7 Å². The van der Waals surface area contributed by atoms with Crippen LogP contribution in [0.5, 0.6) is 0 Å². The Morgan fingerprint density at radius 1 is 1.39 bits per heavy atom. The van der Waals surface area contributed by atoms with E-state index in [1.165, 1.54) is 11.1 Å². The molecule has 1 amide bonds. The summed E-state index contributed by atoms with van der Waals surface area (Å²) in [4.78, 5) is 11.8. The quantitative estimate of drug-likeness (QED) is 0.856. The van der Waals surface area contributed by atoms with Gasteiger partial charge in [0, 0.05) is 12.6 Å². The topological polar surface area (TPSA) is 41.1 Å². The van der Waals surface area contributed by atoms with Gasteiger partial charge in [-0.25, -0.2) is 0 Å². The molecule has 1 aliphatic rings. The summed E-state index contributed by atoms with van der Waals surface area (Å²) in [5.74, 6) is 0.145. The largest absolute Gasteiger partial charge is 0.355 e. The fourth-order valence-electron chi connectivity index (χ4n) is 2.42. The molecule has 1 saturated heterocycles. The molecule has 2 atom stereocenters. The number of piperidine rings is 1. The number of carbonyl (C=O) groups excluding carboxylic acids is 1. The van der Waals surface area contributed by atoms with Crippen molar-refractivity contribution in [3.8, 4) is 0 Å². The molecule has 3 nitrogen and oxygen atoms in total. The van der Waals surface area contributed by atoms with Gasteiger partial charge in [-0.3, -0.25) is 10.1 Å². The molecule has 2 unspecified atom stereocenters. The zero-order valence-electron chi connectivity index (χ0n) is 11.2. The van der Waals surface area contributed by atoms with Crippen LogP contribution in [-0.4, -0.2) is 18.5 Å². The van der Waals surface area contributed by atoms with Crippen molar-refractivity contribution in [3.05, 3.63) is 35.4 Å². The highest BCUT2D eigenvalue weighted by molar-refractivity contribution is 5.82. The van der Waals surface area contributed by atoms with E-state index in [-0.39, 0.29) is 18.0 Å². The SMILES string of the molecule is CCC(NC1CCCNC1=O)c1ccc(C)cc1. The first-order valence-corrected chi connectivity index (χ1v) is 6.81. The second-order valence-electron chi connectivity index (χ2n) is 5.02.